The van der Waals surface area contributed by atoms with E-state index < -0.39 is 17.6 Å². The Morgan fingerprint density at radius 3 is 2.24 bits per heavy atom. The number of alkyl halides is 3. The number of anilines is 1. The lowest BCUT2D eigenvalue weighted by atomic mass is 10.1. The van der Waals surface area contributed by atoms with Gasteiger partial charge in [0.1, 0.15) is 0 Å². The van der Waals surface area contributed by atoms with Gasteiger partial charge in [-0.05, 0) is 36.4 Å². The number of likely N-dealkylation sites (N-methyl/N-ethyl adjacent to an activating group) is 1. The summed E-state index contributed by atoms with van der Waals surface area (Å²) < 4.78 is 39.1. The number of para-hydroxylation sites is 1. The third kappa shape index (κ3) is 7.40. The average Bonchev–Trinajstić information content (AvgIpc) is 2.66. The summed E-state index contributed by atoms with van der Waals surface area (Å²) in [6.45, 7) is 2.17. The predicted octanol–water partition coefficient (Wildman–Crippen LogP) is 3.94. The van der Waals surface area contributed by atoms with Gasteiger partial charge < -0.3 is 10.6 Å². The summed E-state index contributed by atoms with van der Waals surface area (Å²) >= 11 is 5.81. The highest BCUT2D eigenvalue weighted by molar-refractivity contribution is 6.30. The molecule has 0 aliphatic rings. The van der Waals surface area contributed by atoms with Crippen molar-refractivity contribution in [3.8, 4) is 0 Å². The molecule has 2 N–H and O–H groups in total. The molecule has 0 bridgehead atoms. The monoisotopic (exact) mass is 427 g/mol. The Morgan fingerprint density at radius 2 is 1.62 bits per heavy atom. The second kappa shape index (κ2) is 10.3. The van der Waals surface area contributed by atoms with Crippen molar-refractivity contribution in [2.75, 3.05) is 25.0 Å². The molecule has 0 aliphatic carbocycles. The minimum Gasteiger partial charge on any atom is -0.351 e. The van der Waals surface area contributed by atoms with Crippen LogP contribution in [0.15, 0.2) is 48.5 Å². The molecule has 0 aliphatic heterocycles. The minimum atomic E-state index is -4.57. The Labute approximate surface area is 171 Å². The maximum atomic E-state index is 13.0. The molecule has 0 aromatic heterocycles. The van der Waals surface area contributed by atoms with Crippen molar-refractivity contribution in [3.05, 3.63) is 64.7 Å². The van der Waals surface area contributed by atoms with Crippen LogP contribution in [0.1, 0.15) is 18.1 Å². The molecule has 0 fully saturated rings. The van der Waals surface area contributed by atoms with Crippen LogP contribution in [0.5, 0.6) is 0 Å². The number of carbonyl (C=O) groups excluding carboxylic acids is 2. The Balaban J connectivity index is 1.88. The minimum absolute atomic E-state index is 0.0571. The Bertz CT molecular complexity index is 842. The van der Waals surface area contributed by atoms with Crippen molar-refractivity contribution in [1.29, 1.82) is 0 Å². The van der Waals surface area contributed by atoms with Gasteiger partial charge in [0, 0.05) is 11.6 Å². The highest BCUT2D eigenvalue weighted by atomic mass is 35.5. The highest BCUT2D eigenvalue weighted by Gasteiger charge is 2.33. The number of halogens is 4. The van der Waals surface area contributed by atoms with Gasteiger partial charge in [-0.1, -0.05) is 42.8 Å². The molecule has 29 heavy (non-hydrogen) atoms. The summed E-state index contributed by atoms with van der Waals surface area (Å²) in [7, 11) is 0. The van der Waals surface area contributed by atoms with E-state index in [1.165, 1.54) is 23.1 Å². The van der Waals surface area contributed by atoms with E-state index in [1.54, 1.807) is 31.2 Å². The largest absolute Gasteiger partial charge is 0.418 e. The van der Waals surface area contributed by atoms with Crippen LogP contribution < -0.4 is 10.6 Å². The first-order chi connectivity index (χ1) is 13.7. The molecule has 2 amide bonds. The van der Waals surface area contributed by atoms with Gasteiger partial charge in [-0.3, -0.25) is 14.5 Å². The fourth-order valence-electron chi connectivity index (χ4n) is 2.57. The van der Waals surface area contributed by atoms with E-state index >= 15 is 0 Å². The quantitative estimate of drug-likeness (QED) is 0.671. The van der Waals surface area contributed by atoms with Crippen molar-refractivity contribution < 1.29 is 22.8 Å². The van der Waals surface area contributed by atoms with Gasteiger partial charge in [0.15, 0.2) is 0 Å². The zero-order valence-corrected chi connectivity index (χ0v) is 16.5. The van der Waals surface area contributed by atoms with Gasteiger partial charge in [-0.2, -0.15) is 13.2 Å². The second-order valence-corrected chi connectivity index (χ2v) is 6.73. The van der Waals surface area contributed by atoms with Gasteiger partial charge in [-0.25, -0.2) is 0 Å². The summed E-state index contributed by atoms with van der Waals surface area (Å²) in [5.41, 5.74) is -0.363. The molecule has 0 saturated heterocycles. The Morgan fingerprint density at radius 1 is 1.00 bits per heavy atom. The van der Waals surface area contributed by atoms with Crippen molar-refractivity contribution in [2.24, 2.45) is 0 Å². The zero-order valence-electron chi connectivity index (χ0n) is 15.7. The van der Waals surface area contributed by atoms with Gasteiger partial charge in [0.05, 0.1) is 24.3 Å². The molecule has 2 aromatic carbocycles. The third-order valence-corrected chi connectivity index (χ3v) is 4.34. The standard InChI is InChI=1S/C20H21ClF3N3O2/c1-2-27(12-18(28)25-11-14-7-9-15(21)10-8-14)13-19(29)26-17-6-4-3-5-16(17)20(22,23)24/h3-10H,2,11-13H2,1H3,(H,25,28)(H,26,29). The highest BCUT2D eigenvalue weighted by Crippen LogP contribution is 2.34. The van der Waals surface area contributed by atoms with Crippen LogP contribution in [0.2, 0.25) is 5.02 Å². The topological polar surface area (TPSA) is 61.4 Å². The molecule has 5 nitrogen and oxygen atoms in total. The average molecular weight is 428 g/mol. The molecule has 2 aromatic rings. The SMILES string of the molecule is CCN(CC(=O)NCc1ccc(Cl)cc1)CC(=O)Nc1ccccc1C(F)(F)F. The van der Waals surface area contributed by atoms with E-state index in [1.807, 2.05) is 0 Å². The van der Waals surface area contributed by atoms with Crippen LogP contribution in [-0.2, 0) is 22.3 Å². The van der Waals surface area contributed by atoms with Gasteiger partial charge in [0.25, 0.3) is 0 Å². The molecule has 2 rings (SSSR count). The molecule has 0 unspecified atom stereocenters. The van der Waals surface area contributed by atoms with Gasteiger partial charge in [-0.15, -0.1) is 0 Å². The third-order valence-electron chi connectivity index (χ3n) is 4.09. The predicted molar refractivity (Wildman–Crippen MR) is 105 cm³/mol. The molecule has 0 heterocycles. The zero-order chi connectivity index (χ0) is 21.4. The van der Waals surface area contributed by atoms with Crippen molar-refractivity contribution in [3.63, 3.8) is 0 Å². The van der Waals surface area contributed by atoms with E-state index in [0.717, 1.165) is 11.6 Å². The summed E-state index contributed by atoms with van der Waals surface area (Å²) in [6.07, 6.45) is -4.57. The van der Waals surface area contributed by atoms with E-state index in [0.29, 0.717) is 18.1 Å². The lowest BCUT2D eigenvalue weighted by molar-refractivity contribution is -0.137. The maximum Gasteiger partial charge on any atom is 0.418 e. The molecule has 0 spiro atoms. The Hall–Kier alpha value is -2.58. The number of hydrogen-bond acceptors (Lipinski definition) is 3. The van der Waals surface area contributed by atoms with Gasteiger partial charge in [0.2, 0.25) is 11.8 Å². The first-order valence-corrected chi connectivity index (χ1v) is 9.26. The fraction of sp³-hybridized carbons (Fsp3) is 0.300. The lowest BCUT2D eigenvalue weighted by Crippen LogP contribution is -2.41. The smallest absolute Gasteiger partial charge is 0.351 e. The number of carbonyl (C=O) groups is 2. The maximum absolute atomic E-state index is 13.0. The summed E-state index contributed by atoms with van der Waals surface area (Å²) in [5, 5.41) is 5.60. The van der Waals surface area contributed by atoms with Crippen LogP contribution in [-0.4, -0.2) is 36.3 Å². The fourth-order valence-corrected chi connectivity index (χ4v) is 2.70. The molecule has 0 saturated carbocycles. The van der Waals surface area contributed by atoms with Gasteiger partial charge >= 0.3 is 6.18 Å². The summed E-state index contributed by atoms with van der Waals surface area (Å²) in [6, 6.07) is 11.7. The molecule has 9 heteroatoms. The van der Waals surface area contributed by atoms with Crippen LogP contribution in [0, 0.1) is 0 Å². The number of benzene rings is 2. The van der Waals surface area contributed by atoms with E-state index in [9.17, 15) is 22.8 Å². The summed E-state index contributed by atoms with van der Waals surface area (Å²) in [5.74, 6) is -0.931. The second-order valence-electron chi connectivity index (χ2n) is 6.30. The van der Waals surface area contributed by atoms with Crippen LogP contribution >= 0.6 is 11.6 Å². The number of nitrogens with one attached hydrogen (secondary N) is 2. The number of hydrogen-bond donors (Lipinski definition) is 2. The molecular weight excluding hydrogens is 407 g/mol. The van der Waals surface area contributed by atoms with Crippen molar-refractivity contribution >= 4 is 29.1 Å². The van der Waals surface area contributed by atoms with Crippen LogP contribution in [0.4, 0.5) is 18.9 Å². The van der Waals surface area contributed by atoms with E-state index in [2.05, 4.69) is 10.6 Å². The van der Waals surface area contributed by atoms with E-state index in [4.69, 9.17) is 11.6 Å². The van der Waals surface area contributed by atoms with Crippen LogP contribution in [0.3, 0.4) is 0 Å². The number of rotatable bonds is 8. The molecule has 0 atom stereocenters. The number of amides is 2. The summed E-state index contributed by atoms with van der Waals surface area (Å²) in [4.78, 5) is 25.8. The van der Waals surface area contributed by atoms with E-state index in [-0.39, 0.29) is 24.7 Å². The lowest BCUT2D eigenvalue weighted by Gasteiger charge is -2.20. The number of nitrogens with zero attached hydrogens (tertiary/aromatic N) is 1. The van der Waals surface area contributed by atoms with Crippen molar-refractivity contribution in [2.45, 2.75) is 19.6 Å². The first-order valence-electron chi connectivity index (χ1n) is 8.88. The van der Waals surface area contributed by atoms with Crippen molar-refractivity contribution in [1.82, 2.24) is 10.2 Å². The molecule has 0 radical (unpaired) electrons. The molecular formula is C20H21ClF3N3O2. The molecule has 156 valence electrons. The normalized spacial score (nSPS) is 11.4. The first kappa shape index (κ1) is 22.7. The Kier molecular flexibility index (Phi) is 8.04. The van der Waals surface area contributed by atoms with Crippen LogP contribution in [0.25, 0.3) is 0 Å².